The van der Waals surface area contributed by atoms with E-state index in [9.17, 15) is 4.79 Å². The summed E-state index contributed by atoms with van der Waals surface area (Å²) in [5, 5.41) is 0. The van der Waals surface area contributed by atoms with Gasteiger partial charge in [-0.25, -0.2) is 9.97 Å². The number of esters is 1. The van der Waals surface area contributed by atoms with Crippen LogP contribution in [0.1, 0.15) is 5.56 Å². The van der Waals surface area contributed by atoms with E-state index in [0.717, 1.165) is 5.56 Å². The lowest BCUT2D eigenvalue weighted by molar-refractivity contribution is -0.141. The predicted octanol–water partition coefficient (Wildman–Crippen LogP) is 1.58. The van der Waals surface area contributed by atoms with Crippen LogP contribution >= 0.6 is 0 Å². The number of nitrogens with zero attached hydrogens (tertiary/aromatic N) is 4. The van der Waals surface area contributed by atoms with E-state index in [-0.39, 0.29) is 12.5 Å². The van der Waals surface area contributed by atoms with Crippen molar-refractivity contribution < 1.29 is 14.3 Å². The molecule has 0 aliphatic rings. The van der Waals surface area contributed by atoms with Crippen LogP contribution in [0.5, 0.6) is 5.88 Å². The summed E-state index contributed by atoms with van der Waals surface area (Å²) in [5.41, 5.74) is 2.08. The molecule has 0 fully saturated rings. The average Bonchev–Trinajstić information content (AvgIpc) is 2.97. The maximum absolute atomic E-state index is 11.4. The second-order valence-corrected chi connectivity index (χ2v) is 4.57. The van der Waals surface area contributed by atoms with E-state index in [1.807, 2.05) is 30.3 Å². The quantitative estimate of drug-likeness (QED) is 0.665. The molecule has 0 saturated carbocycles. The molecule has 2 heterocycles. The maximum atomic E-state index is 11.4. The molecule has 0 atom stereocenters. The topological polar surface area (TPSA) is 79.1 Å². The molecule has 7 nitrogen and oxygen atoms in total. The Bertz CT molecular complexity index is 786. The summed E-state index contributed by atoms with van der Waals surface area (Å²) in [7, 11) is 1.34. The Morgan fingerprint density at radius 3 is 2.77 bits per heavy atom. The Labute approximate surface area is 126 Å². The zero-order valence-corrected chi connectivity index (χ0v) is 12.0. The van der Waals surface area contributed by atoms with Gasteiger partial charge in [-0.2, -0.15) is 4.98 Å². The molecule has 3 rings (SSSR count). The van der Waals surface area contributed by atoms with E-state index in [2.05, 4.69) is 19.7 Å². The molecular weight excluding hydrogens is 284 g/mol. The highest BCUT2D eigenvalue weighted by Gasteiger charge is 2.13. The molecule has 0 aliphatic carbocycles. The maximum Gasteiger partial charge on any atom is 0.325 e. The van der Waals surface area contributed by atoms with Crippen molar-refractivity contribution in [3.8, 4) is 5.88 Å². The van der Waals surface area contributed by atoms with E-state index in [0.29, 0.717) is 23.7 Å². The van der Waals surface area contributed by atoms with E-state index < -0.39 is 0 Å². The summed E-state index contributed by atoms with van der Waals surface area (Å²) in [6.45, 7) is 0.430. The van der Waals surface area contributed by atoms with Crippen LogP contribution in [0.4, 0.5) is 0 Å². The van der Waals surface area contributed by atoms with Crippen LogP contribution in [0.25, 0.3) is 11.2 Å². The number of ether oxygens (including phenoxy) is 2. The fourth-order valence-corrected chi connectivity index (χ4v) is 2.01. The van der Waals surface area contributed by atoms with E-state index in [1.54, 1.807) is 4.57 Å². The van der Waals surface area contributed by atoms with Gasteiger partial charge >= 0.3 is 5.97 Å². The number of methoxy groups -OCH3 is 1. The Morgan fingerprint density at radius 1 is 1.18 bits per heavy atom. The number of hydrogen-bond acceptors (Lipinski definition) is 6. The molecule has 7 heteroatoms. The lowest BCUT2D eigenvalue weighted by atomic mass is 10.2. The molecule has 0 N–H and O–H groups in total. The van der Waals surface area contributed by atoms with Crippen LogP contribution < -0.4 is 4.74 Å². The number of imidazole rings is 1. The van der Waals surface area contributed by atoms with Gasteiger partial charge < -0.3 is 14.0 Å². The normalized spacial score (nSPS) is 10.6. The smallest absolute Gasteiger partial charge is 0.325 e. The summed E-state index contributed by atoms with van der Waals surface area (Å²) >= 11 is 0. The average molecular weight is 298 g/mol. The monoisotopic (exact) mass is 298 g/mol. The molecule has 1 aromatic carbocycles. The van der Waals surface area contributed by atoms with Crippen molar-refractivity contribution in [3.63, 3.8) is 0 Å². The molecular formula is C15H14N4O3. The molecule has 0 aliphatic heterocycles. The fraction of sp³-hybridized carbons (Fsp3) is 0.200. The van der Waals surface area contributed by atoms with Gasteiger partial charge in [0.25, 0.3) is 0 Å². The summed E-state index contributed by atoms with van der Waals surface area (Å²) < 4.78 is 11.9. The first-order chi connectivity index (χ1) is 10.8. The highest BCUT2D eigenvalue weighted by atomic mass is 16.5. The lowest BCUT2D eigenvalue weighted by Crippen LogP contribution is -2.11. The molecule has 2 aromatic heterocycles. The minimum atomic E-state index is -0.371. The number of hydrogen-bond donors (Lipinski definition) is 0. The van der Waals surface area contributed by atoms with Crippen molar-refractivity contribution in [1.82, 2.24) is 19.5 Å². The molecule has 0 bridgehead atoms. The number of rotatable bonds is 5. The first kappa shape index (κ1) is 14.0. The number of benzene rings is 1. The van der Waals surface area contributed by atoms with Crippen LogP contribution in [0.15, 0.2) is 43.0 Å². The standard InChI is InChI=1S/C15H14N4O3/c1-21-12(20)7-19-10-18-13-14(19)16-9-17-15(13)22-8-11-5-3-2-4-6-11/h2-6,9-10H,7-8H2,1H3. The van der Waals surface area contributed by atoms with Gasteiger partial charge in [0.2, 0.25) is 5.88 Å². The fourth-order valence-electron chi connectivity index (χ4n) is 2.01. The van der Waals surface area contributed by atoms with Gasteiger partial charge in [0.1, 0.15) is 19.5 Å². The van der Waals surface area contributed by atoms with Crippen LogP contribution in [-0.2, 0) is 22.7 Å². The van der Waals surface area contributed by atoms with Crippen molar-refractivity contribution >= 4 is 17.1 Å². The van der Waals surface area contributed by atoms with Gasteiger partial charge in [0, 0.05) is 0 Å². The molecule has 0 amide bonds. The predicted molar refractivity (Wildman–Crippen MR) is 78.1 cm³/mol. The number of aromatic nitrogens is 4. The van der Waals surface area contributed by atoms with Gasteiger partial charge in [-0.15, -0.1) is 0 Å². The third-order valence-corrected chi connectivity index (χ3v) is 3.11. The third kappa shape index (κ3) is 2.88. The summed E-state index contributed by atoms with van der Waals surface area (Å²) in [6, 6.07) is 9.77. The first-order valence-corrected chi connectivity index (χ1v) is 6.67. The summed E-state index contributed by atoms with van der Waals surface area (Å²) in [6.07, 6.45) is 2.91. The second kappa shape index (κ2) is 6.21. The van der Waals surface area contributed by atoms with Gasteiger partial charge in [-0.1, -0.05) is 30.3 Å². The SMILES string of the molecule is COC(=O)Cn1cnc2c(OCc3ccccc3)ncnc21. The Morgan fingerprint density at radius 2 is 2.00 bits per heavy atom. The first-order valence-electron chi connectivity index (χ1n) is 6.67. The van der Waals surface area contributed by atoms with Crippen molar-refractivity contribution in [2.24, 2.45) is 0 Å². The van der Waals surface area contributed by atoms with Crippen molar-refractivity contribution in [2.45, 2.75) is 13.2 Å². The molecule has 112 valence electrons. The zero-order valence-electron chi connectivity index (χ0n) is 12.0. The Kier molecular flexibility index (Phi) is 3.95. The Balaban J connectivity index is 1.83. The molecule has 22 heavy (non-hydrogen) atoms. The highest BCUT2D eigenvalue weighted by Crippen LogP contribution is 2.20. The molecule has 3 aromatic rings. The Hall–Kier alpha value is -2.96. The number of carbonyl (C=O) groups is 1. The minimum absolute atomic E-state index is 0.0438. The lowest BCUT2D eigenvalue weighted by Gasteiger charge is -2.06. The molecule has 0 radical (unpaired) electrons. The summed E-state index contributed by atoms with van der Waals surface area (Å²) in [5.74, 6) is 0.0159. The van der Waals surface area contributed by atoms with Crippen LogP contribution in [0.3, 0.4) is 0 Å². The van der Waals surface area contributed by atoms with Crippen molar-refractivity contribution in [2.75, 3.05) is 7.11 Å². The van der Waals surface area contributed by atoms with Crippen molar-refractivity contribution in [1.29, 1.82) is 0 Å². The third-order valence-electron chi connectivity index (χ3n) is 3.11. The molecule has 0 unspecified atom stereocenters. The number of carbonyl (C=O) groups excluding carboxylic acids is 1. The zero-order chi connectivity index (χ0) is 15.4. The van der Waals surface area contributed by atoms with Crippen LogP contribution in [-0.4, -0.2) is 32.6 Å². The van der Waals surface area contributed by atoms with Crippen LogP contribution in [0, 0.1) is 0 Å². The molecule has 0 spiro atoms. The second-order valence-electron chi connectivity index (χ2n) is 4.57. The molecule has 0 saturated heterocycles. The summed E-state index contributed by atoms with van der Waals surface area (Å²) in [4.78, 5) is 23.9. The van der Waals surface area contributed by atoms with Gasteiger partial charge in [0.15, 0.2) is 11.2 Å². The number of fused-ring (bicyclic) bond motifs is 1. The van der Waals surface area contributed by atoms with Gasteiger partial charge in [-0.3, -0.25) is 4.79 Å². The van der Waals surface area contributed by atoms with E-state index in [4.69, 9.17) is 4.74 Å². The van der Waals surface area contributed by atoms with E-state index in [1.165, 1.54) is 19.8 Å². The van der Waals surface area contributed by atoms with Crippen molar-refractivity contribution in [3.05, 3.63) is 48.5 Å². The van der Waals surface area contributed by atoms with Crippen LogP contribution in [0.2, 0.25) is 0 Å². The van der Waals surface area contributed by atoms with Gasteiger partial charge in [-0.05, 0) is 5.56 Å². The van der Waals surface area contributed by atoms with E-state index >= 15 is 0 Å². The van der Waals surface area contributed by atoms with Gasteiger partial charge in [0.05, 0.1) is 13.4 Å². The minimum Gasteiger partial charge on any atom is -0.471 e. The largest absolute Gasteiger partial charge is 0.471 e. The highest BCUT2D eigenvalue weighted by molar-refractivity contribution is 5.78.